The molecule has 1 aliphatic heterocycles. The summed E-state index contributed by atoms with van der Waals surface area (Å²) in [6.07, 6.45) is -2.30. The van der Waals surface area contributed by atoms with Crippen LogP contribution in [0.5, 0.6) is 11.5 Å². The number of benzene rings is 1. The lowest BCUT2D eigenvalue weighted by molar-refractivity contribution is -0.126. The van der Waals surface area contributed by atoms with E-state index in [1.165, 1.54) is 6.07 Å². The highest BCUT2D eigenvalue weighted by Crippen LogP contribution is 2.38. The van der Waals surface area contributed by atoms with E-state index in [-0.39, 0.29) is 11.8 Å². The molecule has 1 unspecified atom stereocenters. The second kappa shape index (κ2) is 5.42. The van der Waals surface area contributed by atoms with Crippen LogP contribution in [0.2, 0.25) is 0 Å². The highest BCUT2D eigenvalue weighted by atomic mass is 19.3. The summed E-state index contributed by atoms with van der Waals surface area (Å²) in [4.78, 5) is 11.1. The van der Waals surface area contributed by atoms with Crippen molar-refractivity contribution in [3.8, 4) is 11.5 Å². The number of hydrogen-bond acceptors (Lipinski definition) is 3. The number of fused-ring (bicyclic) bond motifs is 1. The fraction of sp³-hybridized carbons (Fsp3) is 0.462. The van der Waals surface area contributed by atoms with Crippen LogP contribution in [0.15, 0.2) is 12.1 Å². The number of alkyl halides is 2. The van der Waals surface area contributed by atoms with Crippen LogP contribution < -0.4 is 14.8 Å². The van der Waals surface area contributed by atoms with E-state index in [2.05, 4.69) is 5.32 Å². The molecule has 1 amide bonds. The zero-order chi connectivity index (χ0) is 14.0. The van der Waals surface area contributed by atoms with E-state index >= 15 is 0 Å². The minimum Gasteiger partial charge on any atom is -0.492 e. The summed E-state index contributed by atoms with van der Waals surface area (Å²) in [7, 11) is 0. The van der Waals surface area contributed by atoms with Gasteiger partial charge in [-0.2, -0.15) is 8.78 Å². The molecule has 0 spiro atoms. The van der Waals surface area contributed by atoms with Gasteiger partial charge in [0.05, 0.1) is 12.3 Å². The van der Waals surface area contributed by atoms with Gasteiger partial charge in [-0.15, -0.1) is 0 Å². The molecule has 0 fully saturated rings. The molecule has 6 heteroatoms. The second-order valence-electron chi connectivity index (χ2n) is 4.31. The molecule has 1 atom stereocenters. The number of ether oxygens (including phenoxy) is 2. The minimum absolute atomic E-state index is 0.0329. The minimum atomic E-state index is -3.07. The van der Waals surface area contributed by atoms with Gasteiger partial charge in [0.15, 0.2) is 0 Å². The van der Waals surface area contributed by atoms with Gasteiger partial charge < -0.3 is 14.8 Å². The topological polar surface area (TPSA) is 47.6 Å². The van der Waals surface area contributed by atoms with Crippen molar-refractivity contribution < 1.29 is 23.0 Å². The van der Waals surface area contributed by atoms with Crippen molar-refractivity contribution in [1.82, 2.24) is 0 Å². The normalized spacial score (nSPS) is 17.0. The van der Waals surface area contributed by atoms with Crippen LogP contribution >= 0.6 is 0 Å². The van der Waals surface area contributed by atoms with Gasteiger partial charge in [-0.1, -0.05) is 0 Å². The Labute approximate surface area is 109 Å². The monoisotopic (exact) mass is 271 g/mol. The van der Waals surface area contributed by atoms with Gasteiger partial charge in [0, 0.05) is 18.1 Å². The summed E-state index contributed by atoms with van der Waals surface area (Å²) in [5.74, 6) is -0.375. The Morgan fingerprint density at radius 2 is 2.32 bits per heavy atom. The fourth-order valence-electron chi connectivity index (χ4n) is 2.00. The number of amides is 1. The van der Waals surface area contributed by atoms with Crippen LogP contribution in [-0.4, -0.2) is 25.0 Å². The zero-order valence-electron chi connectivity index (χ0n) is 10.7. The van der Waals surface area contributed by atoms with E-state index in [9.17, 15) is 13.6 Å². The Kier molecular flexibility index (Phi) is 3.87. The molecule has 1 aliphatic rings. The van der Waals surface area contributed by atoms with Crippen molar-refractivity contribution >= 4 is 11.6 Å². The number of rotatable bonds is 4. The lowest BCUT2D eigenvalue weighted by Gasteiger charge is -2.13. The van der Waals surface area contributed by atoms with E-state index in [0.717, 1.165) is 12.0 Å². The Hall–Kier alpha value is -1.85. The van der Waals surface area contributed by atoms with Gasteiger partial charge in [0.25, 0.3) is 5.91 Å². The maximum absolute atomic E-state index is 12.3. The van der Waals surface area contributed by atoms with E-state index in [4.69, 9.17) is 9.47 Å². The molecule has 0 aromatic heterocycles. The molecule has 0 saturated carbocycles. The second-order valence-corrected chi connectivity index (χ2v) is 4.31. The molecule has 1 N–H and O–H groups in total. The Balaban J connectivity index is 2.30. The van der Waals surface area contributed by atoms with Crippen LogP contribution in [0.3, 0.4) is 0 Å². The third-order valence-corrected chi connectivity index (χ3v) is 2.75. The number of hydrogen-bond donors (Lipinski definition) is 1. The molecule has 1 heterocycles. The molecule has 19 heavy (non-hydrogen) atoms. The van der Waals surface area contributed by atoms with Gasteiger partial charge in [0.1, 0.15) is 17.6 Å². The standard InChI is InChI=1S/C13H15F2NO3/c1-3-18-11-5-8-4-7(2)19-10(8)6-9(11)16-13(17)12(14)15/h5-7,12H,3-4H2,1-2H3,(H,16,17). The lowest BCUT2D eigenvalue weighted by Crippen LogP contribution is -2.20. The van der Waals surface area contributed by atoms with E-state index in [1.54, 1.807) is 13.0 Å². The summed E-state index contributed by atoms with van der Waals surface area (Å²) in [6.45, 7) is 4.08. The molecular formula is C13H15F2NO3. The number of halogens is 2. The molecular weight excluding hydrogens is 256 g/mol. The highest BCUT2D eigenvalue weighted by Gasteiger charge is 2.24. The van der Waals surface area contributed by atoms with Gasteiger partial charge in [0.2, 0.25) is 0 Å². The molecule has 4 nitrogen and oxygen atoms in total. The fourth-order valence-corrected chi connectivity index (χ4v) is 2.00. The Bertz CT molecular complexity index is 491. The van der Waals surface area contributed by atoms with Crippen LogP contribution in [0, 0.1) is 0 Å². The first-order chi connectivity index (χ1) is 9.01. The summed E-state index contributed by atoms with van der Waals surface area (Å²) in [5.41, 5.74) is 1.16. The SMILES string of the molecule is CCOc1cc2c(cc1NC(=O)C(F)F)OC(C)C2. The first-order valence-corrected chi connectivity index (χ1v) is 6.06. The Morgan fingerprint density at radius 1 is 1.58 bits per heavy atom. The largest absolute Gasteiger partial charge is 0.492 e. The van der Waals surface area contributed by atoms with E-state index in [0.29, 0.717) is 18.1 Å². The molecule has 0 radical (unpaired) electrons. The number of anilines is 1. The van der Waals surface area contributed by atoms with Crippen molar-refractivity contribution in [3.63, 3.8) is 0 Å². The number of carbonyl (C=O) groups excluding carboxylic acids is 1. The summed E-state index contributed by atoms with van der Waals surface area (Å²) in [5, 5.41) is 2.15. The van der Waals surface area contributed by atoms with Gasteiger partial charge >= 0.3 is 6.43 Å². The predicted molar refractivity (Wildman–Crippen MR) is 66.0 cm³/mol. The zero-order valence-corrected chi connectivity index (χ0v) is 10.7. The molecule has 0 bridgehead atoms. The summed E-state index contributed by atoms with van der Waals surface area (Å²) < 4.78 is 35.5. The molecule has 0 aliphatic carbocycles. The van der Waals surface area contributed by atoms with E-state index < -0.39 is 12.3 Å². The molecule has 104 valence electrons. The summed E-state index contributed by atoms with van der Waals surface area (Å²) in [6, 6.07) is 3.26. The van der Waals surface area contributed by atoms with Crippen molar-refractivity contribution in [2.24, 2.45) is 0 Å². The smallest absolute Gasteiger partial charge is 0.315 e. The maximum atomic E-state index is 12.3. The first kappa shape index (κ1) is 13.6. The average Bonchev–Trinajstić information content (AvgIpc) is 2.68. The predicted octanol–water partition coefficient (Wildman–Crippen LogP) is 2.61. The molecule has 0 saturated heterocycles. The van der Waals surface area contributed by atoms with Crippen molar-refractivity contribution in [1.29, 1.82) is 0 Å². The molecule has 1 aromatic rings. The quantitative estimate of drug-likeness (QED) is 0.915. The van der Waals surface area contributed by atoms with Crippen LogP contribution in [-0.2, 0) is 11.2 Å². The van der Waals surface area contributed by atoms with Crippen molar-refractivity contribution in [2.75, 3.05) is 11.9 Å². The van der Waals surface area contributed by atoms with Gasteiger partial charge in [-0.25, -0.2) is 0 Å². The molecule has 2 rings (SSSR count). The molecule has 1 aromatic carbocycles. The lowest BCUT2D eigenvalue weighted by atomic mass is 10.1. The van der Waals surface area contributed by atoms with Crippen LogP contribution in [0.1, 0.15) is 19.4 Å². The third kappa shape index (κ3) is 2.94. The summed E-state index contributed by atoms with van der Waals surface area (Å²) >= 11 is 0. The van der Waals surface area contributed by atoms with E-state index in [1.807, 2.05) is 6.92 Å². The Morgan fingerprint density at radius 3 is 2.95 bits per heavy atom. The van der Waals surface area contributed by atoms with Crippen molar-refractivity contribution in [2.45, 2.75) is 32.8 Å². The van der Waals surface area contributed by atoms with Crippen LogP contribution in [0.25, 0.3) is 0 Å². The first-order valence-electron chi connectivity index (χ1n) is 6.06. The number of nitrogens with one attached hydrogen (secondary N) is 1. The average molecular weight is 271 g/mol. The van der Waals surface area contributed by atoms with Crippen molar-refractivity contribution in [3.05, 3.63) is 17.7 Å². The third-order valence-electron chi connectivity index (χ3n) is 2.75. The maximum Gasteiger partial charge on any atom is 0.315 e. The highest BCUT2D eigenvalue weighted by molar-refractivity contribution is 5.94. The van der Waals surface area contributed by atoms with Gasteiger partial charge in [-0.05, 0) is 19.9 Å². The van der Waals surface area contributed by atoms with Crippen LogP contribution in [0.4, 0.5) is 14.5 Å². The number of carbonyl (C=O) groups is 1. The van der Waals surface area contributed by atoms with Gasteiger partial charge in [-0.3, -0.25) is 4.79 Å².